The number of rotatable bonds is 4. The fourth-order valence-electron chi connectivity index (χ4n) is 2.48. The van der Waals surface area contributed by atoms with Crippen molar-refractivity contribution in [1.82, 2.24) is 9.62 Å². The summed E-state index contributed by atoms with van der Waals surface area (Å²) in [4.78, 5) is 13.3. The molecule has 1 fully saturated rings. The smallest absolute Gasteiger partial charge is 0.240 e. The van der Waals surface area contributed by atoms with Crippen LogP contribution in [0.25, 0.3) is 0 Å². The summed E-state index contributed by atoms with van der Waals surface area (Å²) < 4.78 is 40.2. The number of hydrogen-bond donors (Lipinski definition) is 2. The Kier molecular flexibility index (Phi) is 5.15. The summed E-state index contributed by atoms with van der Waals surface area (Å²) in [6.45, 7) is 2.44. The molecule has 0 bridgehead atoms. The lowest BCUT2D eigenvalue weighted by Gasteiger charge is -2.33. The molecule has 0 aliphatic carbocycles. The lowest BCUT2D eigenvalue weighted by atomic mass is 10.1. The van der Waals surface area contributed by atoms with E-state index >= 15 is 0 Å². The van der Waals surface area contributed by atoms with E-state index in [1.165, 1.54) is 18.2 Å². The molecule has 1 aromatic rings. The molecule has 0 radical (unpaired) electrons. The summed E-state index contributed by atoms with van der Waals surface area (Å²) in [5.74, 6) is -0.810. The second-order valence-corrected chi connectivity index (χ2v) is 7.20. The third kappa shape index (κ3) is 4.02. The summed E-state index contributed by atoms with van der Waals surface area (Å²) in [5.41, 5.74) is 5.58. The van der Waals surface area contributed by atoms with Crippen LogP contribution < -0.4 is 10.5 Å². The Morgan fingerprint density at radius 1 is 1.50 bits per heavy atom. The molecule has 8 heteroatoms. The predicted octanol–water partition coefficient (Wildman–Crippen LogP) is 0.442. The number of carbonyl (C=O) groups excluding carboxylic acids is 1. The number of nitrogens with one attached hydrogen (secondary N) is 1. The fraction of sp³-hybridized carbons (Fsp3) is 0.500. The van der Waals surface area contributed by atoms with Gasteiger partial charge >= 0.3 is 0 Å². The van der Waals surface area contributed by atoms with Gasteiger partial charge in [-0.05, 0) is 38.0 Å². The van der Waals surface area contributed by atoms with Crippen LogP contribution in [0.1, 0.15) is 19.8 Å². The Morgan fingerprint density at radius 2 is 2.23 bits per heavy atom. The van der Waals surface area contributed by atoms with Gasteiger partial charge in [0.2, 0.25) is 15.9 Å². The Labute approximate surface area is 129 Å². The molecule has 1 aromatic carbocycles. The van der Waals surface area contributed by atoms with Gasteiger partial charge in [0, 0.05) is 19.1 Å². The first-order valence-corrected chi connectivity index (χ1v) is 8.60. The van der Waals surface area contributed by atoms with Gasteiger partial charge in [0.1, 0.15) is 5.82 Å². The molecule has 1 amide bonds. The van der Waals surface area contributed by atoms with Gasteiger partial charge in [-0.3, -0.25) is 4.79 Å². The predicted molar refractivity (Wildman–Crippen MR) is 80.0 cm³/mol. The summed E-state index contributed by atoms with van der Waals surface area (Å²) >= 11 is 0. The molecule has 0 aromatic heterocycles. The van der Waals surface area contributed by atoms with E-state index in [-0.39, 0.29) is 17.3 Å². The monoisotopic (exact) mass is 329 g/mol. The number of sulfonamides is 1. The first-order chi connectivity index (χ1) is 10.3. The van der Waals surface area contributed by atoms with Crippen molar-refractivity contribution in [2.45, 2.75) is 36.7 Å². The van der Waals surface area contributed by atoms with Crippen LogP contribution >= 0.6 is 0 Å². The lowest BCUT2D eigenvalue weighted by molar-refractivity contribution is -0.133. The summed E-state index contributed by atoms with van der Waals surface area (Å²) in [6.07, 6.45) is 1.31. The van der Waals surface area contributed by atoms with Crippen molar-refractivity contribution >= 4 is 15.9 Å². The Morgan fingerprint density at radius 3 is 2.86 bits per heavy atom. The Balaban J connectivity index is 2.08. The van der Waals surface area contributed by atoms with Crippen molar-refractivity contribution in [3.63, 3.8) is 0 Å². The maximum absolute atomic E-state index is 13.2. The van der Waals surface area contributed by atoms with E-state index in [0.29, 0.717) is 19.4 Å². The highest BCUT2D eigenvalue weighted by atomic mass is 32.2. The lowest BCUT2D eigenvalue weighted by Crippen LogP contribution is -2.52. The average Bonchev–Trinajstić information content (AvgIpc) is 2.46. The standard InChI is InChI=1S/C14H20FN3O3S/c1-10(16)14(19)18-7-3-5-12(9-18)17-22(20,21)13-6-2-4-11(15)8-13/h2,4,6,8,10,12,17H,3,5,7,9,16H2,1H3/t10-,12?/m0/s1. The molecule has 1 aliphatic heterocycles. The molecule has 2 atom stereocenters. The van der Waals surface area contributed by atoms with Gasteiger partial charge in [-0.15, -0.1) is 0 Å². The number of likely N-dealkylation sites (tertiary alicyclic amines) is 1. The quantitative estimate of drug-likeness (QED) is 0.838. The van der Waals surface area contributed by atoms with Gasteiger partial charge in [-0.25, -0.2) is 17.5 Å². The number of amides is 1. The molecule has 0 saturated carbocycles. The number of carbonyl (C=O) groups is 1. The first-order valence-electron chi connectivity index (χ1n) is 7.12. The van der Waals surface area contributed by atoms with E-state index in [0.717, 1.165) is 6.07 Å². The second-order valence-electron chi connectivity index (χ2n) is 5.49. The molecule has 1 heterocycles. The van der Waals surface area contributed by atoms with E-state index in [1.54, 1.807) is 11.8 Å². The Bertz CT molecular complexity index is 648. The maximum atomic E-state index is 13.2. The highest BCUT2D eigenvalue weighted by molar-refractivity contribution is 7.89. The molecule has 2 rings (SSSR count). The van der Waals surface area contributed by atoms with Crippen LogP contribution in [0.4, 0.5) is 4.39 Å². The van der Waals surface area contributed by atoms with Crippen molar-refractivity contribution in [1.29, 1.82) is 0 Å². The zero-order chi connectivity index (χ0) is 16.3. The van der Waals surface area contributed by atoms with E-state index in [1.807, 2.05) is 0 Å². The molecule has 6 nitrogen and oxygen atoms in total. The van der Waals surface area contributed by atoms with Gasteiger partial charge in [0.05, 0.1) is 10.9 Å². The van der Waals surface area contributed by atoms with Crippen molar-refractivity contribution in [2.24, 2.45) is 5.73 Å². The van der Waals surface area contributed by atoms with Crippen LogP contribution in [0.5, 0.6) is 0 Å². The largest absolute Gasteiger partial charge is 0.340 e. The number of nitrogens with zero attached hydrogens (tertiary/aromatic N) is 1. The summed E-state index contributed by atoms with van der Waals surface area (Å²) in [6, 6.07) is 3.82. The van der Waals surface area contributed by atoms with Gasteiger partial charge in [0.15, 0.2) is 0 Å². The summed E-state index contributed by atoms with van der Waals surface area (Å²) in [7, 11) is -3.81. The van der Waals surface area contributed by atoms with Gasteiger partial charge < -0.3 is 10.6 Å². The van der Waals surface area contributed by atoms with E-state index in [9.17, 15) is 17.6 Å². The van der Waals surface area contributed by atoms with Gasteiger partial charge in [0.25, 0.3) is 0 Å². The third-order valence-electron chi connectivity index (χ3n) is 3.55. The van der Waals surface area contributed by atoms with Crippen molar-refractivity contribution in [3.8, 4) is 0 Å². The topological polar surface area (TPSA) is 92.5 Å². The van der Waals surface area contributed by atoms with E-state index in [2.05, 4.69) is 4.72 Å². The number of hydrogen-bond acceptors (Lipinski definition) is 4. The third-order valence-corrected chi connectivity index (χ3v) is 5.07. The number of nitrogens with two attached hydrogens (primary N) is 1. The molecule has 3 N–H and O–H groups in total. The summed E-state index contributed by atoms with van der Waals surface area (Å²) in [5, 5.41) is 0. The fourth-order valence-corrected chi connectivity index (χ4v) is 3.78. The molecular weight excluding hydrogens is 309 g/mol. The second kappa shape index (κ2) is 6.72. The normalized spacial score (nSPS) is 20.7. The molecule has 1 aliphatic rings. The number of halogens is 1. The van der Waals surface area contributed by atoms with Crippen LogP contribution in [-0.2, 0) is 14.8 Å². The van der Waals surface area contributed by atoms with Gasteiger partial charge in [-0.2, -0.15) is 0 Å². The van der Waals surface area contributed by atoms with Crippen LogP contribution in [0, 0.1) is 5.82 Å². The molecule has 0 spiro atoms. The van der Waals surface area contributed by atoms with Crippen molar-refractivity contribution in [3.05, 3.63) is 30.1 Å². The van der Waals surface area contributed by atoms with Gasteiger partial charge in [-0.1, -0.05) is 6.07 Å². The number of benzene rings is 1. The highest BCUT2D eigenvalue weighted by Gasteiger charge is 2.28. The van der Waals surface area contributed by atoms with Crippen molar-refractivity contribution in [2.75, 3.05) is 13.1 Å². The van der Waals surface area contributed by atoms with Crippen LogP contribution in [0.15, 0.2) is 29.2 Å². The minimum absolute atomic E-state index is 0.122. The van der Waals surface area contributed by atoms with E-state index < -0.39 is 27.9 Å². The molecule has 1 saturated heterocycles. The van der Waals surface area contributed by atoms with E-state index in [4.69, 9.17) is 5.73 Å². The highest BCUT2D eigenvalue weighted by Crippen LogP contribution is 2.16. The SMILES string of the molecule is C[C@H](N)C(=O)N1CCCC(NS(=O)(=O)c2cccc(F)c2)C1. The van der Waals surface area contributed by atoms with Crippen LogP contribution in [0.3, 0.4) is 0 Å². The van der Waals surface area contributed by atoms with Crippen LogP contribution in [-0.4, -0.2) is 44.4 Å². The maximum Gasteiger partial charge on any atom is 0.240 e. The first kappa shape index (κ1) is 16.9. The zero-order valence-corrected chi connectivity index (χ0v) is 13.1. The minimum Gasteiger partial charge on any atom is -0.340 e. The average molecular weight is 329 g/mol. The van der Waals surface area contributed by atoms with Crippen LogP contribution in [0.2, 0.25) is 0 Å². The minimum atomic E-state index is -3.81. The molecule has 1 unspecified atom stereocenters. The molecular formula is C14H20FN3O3S. The molecule has 122 valence electrons. The molecule has 22 heavy (non-hydrogen) atoms. The Hall–Kier alpha value is -1.51. The zero-order valence-electron chi connectivity index (χ0n) is 12.3. The number of piperidine rings is 1. The van der Waals surface area contributed by atoms with Crippen molar-refractivity contribution < 1.29 is 17.6 Å².